The van der Waals surface area contributed by atoms with Crippen molar-refractivity contribution in [3.8, 4) is 10.4 Å². The Balaban J connectivity index is 1.53. The van der Waals surface area contributed by atoms with Gasteiger partial charge in [0.25, 0.3) is 0 Å². The van der Waals surface area contributed by atoms with Crippen molar-refractivity contribution in [2.75, 3.05) is 26.3 Å². The van der Waals surface area contributed by atoms with Crippen molar-refractivity contribution in [2.24, 2.45) is 5.92 Å². The summed E-state index contributed by atoms with van der Waals surface area (Å²) in [7, 11) is 0. The van der Waals surface area contributed by atoms with Crippen LogP contribution in [0.5, 0.6) is 0 Å². The van der Waals surface area contributed by atoms with Gasteiger partial charge in [-0.3, -0.25) is 14.4 Å². The quantitative estimate of drug-likeness (QED) is 0.229. The van der Waals surface area contributed by atoms with Crippen LogP contribution in [-0.2, 0) is 19.1 Å². The lowest BCUT2D eigenvalue weighted by Gasteiger charge is -2.30. The Hall–Kier alpha value is -3.61. The summed E-state index contributed by atoms with van der Waals surface area (Å²) < 4.78 is 10.9. The first-order chi connectivity index (χ1) is 21.1. The van der Waals surface area contributed by atoms with Gasteiger partial charge in [0.15, 0.2) is 0 Å². The fraction of sp³-hybridized carbons (Fsp3) is 0.531. The highest BCUT2D eigenvalue weighted by Crippen LogP contribution is 2.32. The Morgan fingerprint density at radius 3 is 2.55 bits per heavy atom. The summed E-state index contributed by atoms with van der Waals surface area (Å²) in [6.07, 6.45) is 0.124. The van der Waals surface area contributed by atoms with E-state index >= 15 is 0 Å². The van der Waals surface area contributed by atoms with Gasteiger partial charge >= 0.3 is 0 Å². The minimum absolute atomic E-state index is 0.00632. The van der Waals surface area contributed by atoms with Gasteiger partial charge in [0.05, 0.1) is 46.9 Å². The molecule has 2 unspecified atom stereocenters. The number of aliphatic hydroxyl groups excluding tert-OH is 1. The Labute approximate surface area is 262 Å². The smallest absolute Gasteiger partial charge is 0.243 e. The molecule has 1 aliphatic rings. The van der Waals surface area contributed by atoms with Gasteiger partial charge in [-0.2, -0.15) is 0 Å². The molecule has 0 spiro atoms. The van der Waals surface area contributed by atoms with Crippen LogP contribution in [0.3, 0.4) is 0 Å². The van der Waals surface area contributed by atoms with Crippen LogP contribution >= 0.6 is 11.3 Å². The second-order valence-electron chi connectivity index (χ2n) is 11.6. The molecule has 1 aliphatic heterocycles. The van der Waals surface area contributed by atoms with Crippen LogP contribution in [0, 0.1) is 19.8 Å². The summed E-state index contributed by atoms with van der Waals surface area (Å²) in [6.45, 7) is 11.0. The number of hydrogen-bond acceptors (Lipinski definition) is 9. The highest BCUT2D eigenvalue weighted by atomic mass is 32.1. The first-order valence-electron chi connectivity index (χ1n) is 15.2. The van der Waals surface area contributed by atoms with E-state index in [0.717, 1.165) is 28.1 Å². The number of likely N-dealkylation sites (tertiary alicyclic amines) is 1. The van der Waals surface area contributed by atoms with Gasteiger partial charge in [0.1, 0.15) is 17.7 Å². The van der Waals surface area contributed by atoms with Crippen molar-refractivity contribution in [3.63, 3.8) is 0 Å². The Bertz CT molecular complexity index is 1400. The van der Waals surface area contributed by atoms with Crippen molar-refractivity contribution in [1.29, 1.82) is 0 Å². The van der Waals surface area contributed by atoms with Crippen LogP contribution in [-0.4, -0.2) is 76.3 Å². The number of nitrogens with zero attached hydrogens (tertiary/aromatic N) is 3. The van der Waals surface area contributed by atoms with E-state index in [0.29, 0.717) is 31.2 Å². The zero-order valence-electron chi connectivity index (χ0n) is 26.0. The second-order valence-corrected chi connectivity index (χ2v) is 12.5. The number of β-amino-alcohol motifs (C(OH)–C–C–N with tert-alkyl or cyclic N) is 1. The van der Waals surface area contributed by atoms with E-state index in [1.54, 1.807) is 29.8 Å². The maximum Gasteiger partial charge on any atom is 0.243 e. The summed E-state index contributed by atoms with van der Waals surface area (Å²) in [4.78, 5) is 47.4. The minimum Gasteiger partial charge on any atom is -0.391 e. The SMILES string of the molecule is CCCOCCNC(=O)CC(NC(=O)C1C[C@@H](O)CN1C(=O)[C@@H](c1cc(C)no1)C(C)C)c1ccc(-c2scnc2C)cc1. The number of rotatable bonds is 14. The number of carbonyl (C=O) groups is 3. The van der Waals surface area contributed by atoms with Crippen molar-refractivity contribution in [1.82, 2.24) is 25.7 Å². The van der Waals surface area contributed by atoms with E-state index in [2.05, 4.69) is 20.8 Å². The number of aryl methyl sites for hydroxylation is 2. The predicted octanol–water partition coefficient (Wildman–Crippen LogP) is 3.91. The van der Waals surface area contributed by atoms with E-state index in [4.69, 9.17) is 9.26 Å². The van der Waals surface area contributed by atoms with Gasteiger partial charge in [-0.25, -0.2) is 4.98 Å². The van der Waals surface area contributed by atoms with Gasteiger partial charge in [-0.1, -0.05) is 50.2 Å². The van der Waals surface area contributed by atoms with Crippen LogP contribution in [0.25, 0.3) is 10.4 Å². The second kappa shape index (κ2) is 15.4. The number of nitrogens with one attached hydrogen (secondary N) is 2. The van der Waals surface area contributed by atoms with Gasteiger partial charge in [-0.05, 0) is 37.3 Å². The lowest BCUT2D eigenvalue weighted by Crippen LogP contribution is -2.49. The molecular formula is C32H43N5O6S. The molecule has 0 radical (unpaired) electrons. The number of thiazole rings is 1. The first kappa shape index (κ1) is 33.3. The van der Waals surface area contributed by atoms with E-state index in [-0.39, 0.29) is 37.1 Å². The molecule has 3 amide bonds. The van der Waals surface area contributed by atoms with Crippen molar-refractivity contribution in [2.45, 2.75) is 78.0 Å². The highest BCUT2D eigenvalue weighted by Gasteiger charge is 2.43. The first-order valence-corrected chi connectivity index (χ1v) is 16.0. The van der Waals surface area contributed by atoms with Crippen LogP contribution < -0.4 is 10.6 Å². The lowest BCUT2D eigenvalue weighted by molar-refractivity contribution is -0.141. The number of aromatic nitrogens is 2. The molecule has 238 valence electrons. The molecule has 3 N–H and O–H groups in total. The molecular weight excluding hydrogens is 582 g/mol. The van der Waals surface area contributed by atoms with E-state index in [9.17, 15) is 19.5 Å². The fourth-order valence-corrected chi connectivity index (χ4v) is 6.29. The average Bonchev–Trinajstić information content (AvgIpc) is 3.72. The standard InChI is InChI=1S/C32H43N5O6S/c1-6-12-42-13-11-33-28(39)16-25(22-7-9-23(10-8-22)30-21(5)34-18-44-30)35-31(40)26-15-24(38)17-37(26)32(41)29(19(2)3)27-14-20(4)36-43-27/h7-10,14,18-19,24-26,29,38H,6,11-13,15-17H2,1-5H3,(H,33,39)(H,35,40)/t24-,25?,26?,29-/m1/s1. The van der Waals surface area contributed by atoms with Crippen molar-refractivity contribution >= 4 is 29.1 Å². The van der Waals surface area contributed by atoms with Crippen LogP contribution in [0.4, 0.5) is 0 Å². The maximum absolute atomic E-state index is 13.8. The molecule has 4 atom stereocenters. The summed E-state index contributed by atoms with van der Waals surface area (Å²) in [5, 5.41) is 20.4. The highest BCUT2D eigenvalue weighted by molar-refractivity contribution is 7.13. The number of amides is 3. The molecule has 4 rings (SSSR count). The Kier molecular flexibility index (Phi) is 11.7. The minimum atomic E-state index is -0.908. The molecule has 3 aromatic rings. The van der Waals surface area contributed by atoms with Crippen molar-refractivity contribution < 1.29 is 28.8 Å². The molecule has 3 heterocycles. The molecule has 11 nitrogen and oxygen atoms in total. The van der Waals surface area contributed by atoms with Crippen LogP contribution in [0.15, 0.2) is 40.4 Å². The summed E-state index contributed by atoms with van der Waals surface area (Å²) in [5.74, 6) is -1.34. The predicted molar refractivity (Wildman–Crippen MR) is 167 cm³/mol. The van der Waals surface area contributed by atoms with E-state index in [1.165, 1.54) is 4.90 Å². The third-order valence-corrected chi connectivity index (χ3v) is 8.67. The third kappa shape index (κ3) is 8.30. The topological polar surface area (TPSA) is 147 Å². The van der Waals surface area contributed by atoms with Crippen LogP contribution in [0.2, 0.25) is 0 Å². The molecule has 0 aliphatic carbocycles. The van der Waals surface area contributed by atoms with Crippen molar-refractivity contribution in [3.05, 3.63) is 58.6 Å². The zero-order valence-corrected chi connectivity index (χ0v) is 26.9. The number of carbonyl (C=O) groups excluding carboxylic acids is 3. The van der Waals surface area contributed by atoms with E-state index in [1.807, 2.05) is 52.0 Å². The molecule has 1 saturated heterocycles. The molecule has 12 heteroatoms. The molecule has 0 bridgehead atoms. The summed E-state index contributed by atoms with van der Waals surface area (Å²) >= 11 is 1.55. The monoisotopic (exact) mass is 625 g/mol. The van der Waals surface area contributed by atoms with Crippen LogP contribution in [0.1, 0.15) is 74.7 Å². The fourth-order valence-electron chi connectivity index (χ4n) is 5.48. The molecule has 1 aromatic carbocycles. The van der Waals surface area contributed by atoms with Gasteiger partial charge < -0.3 is 29.9 Å². The maximum atomic E-state index is 13.8. The summed E-state index contributed by atoms with van der Waals surface area (Å²) in [5.41, 5.74) is 5.13. The number of benzene rings is 1. The largest absolute Gasteiger partial charge is 0.391 e. The summed E-state index contributed by atoms with van der Waals surface area (Å²) in [6, 6.07) is 7.84. The molecule has 2 aromatic heterocycles. The average molecular weight is 626 g/mol. The van der Waals surface area contributed by atoms with Gasteiger partial charge in [0, 0.05) is 32.2 Å². The van der Waals surface area contributed by atoms with E-state index < -0.39 is 30.0 Å². The zero-order chi connectivity index (χ0) is 31.8. The number of hydrogen-bond donors (Lipinski definition) is 3. The normalized spacial score (nSPS) is 17.9. The van der Waals surface area contributed by atoms with Gasteiger partial charge in [-0.15, -0.1) is 11.3 Å². The number of aliphatic hydroxyl groups is 1. The van der Waals surface area contributed by atoms with Gasteiger partial charge in [0.2, 0.25) is 17.7 Å². The Morgan fingerprint density at radius 1 is 1.18 bits per heavy atom. The lowest BCUT2D eigenvalue weighted by atomic mass is 9.91. The Morgan fingerprint density at radius 2 is 1.93 bits per heavy atom. The number of ether oxygens (including phenoxy) is 1. The molecule has 0 saturated carbocycles. The molecule has 1 fully saturated rings. The third-order valence-electron chi connectivity index (χ3n) is 7.69. The molecule has 44 heavy (non-hydrogen) atoms.